The molecule has 0 bridgehead atoms. The molecule has 2 unspecified atom stereocenters. The molecule has 0 amide bonds. The highest BCUT2D eigenvalue weighted by molar-refractivity contribution is 5.42. The zero-order valence-corrected chi connectivity index (χ0v) is 11.6. The summed E-state index contributed by atoms with van der Waals surface area (Å²) in [4.78, 5) is 0. The number of benzene rings is 2. The van der Waals surface area contributed by atoms with Crippen LogP contribution in [0.15, 0.2) is 36.4 Å². The van der Waals surface area contributed by atoms with Gasteiger partial charge in [-0.15, -0.1) is 0 Å². The number of halogens is 2. The molecule has 3 N–H and O–H groups in total. The maximum absolute atomic E-state index is 14.2. The highest BCUT2D eigenvalue weighted by Crippen LogP contribution is 2.41. The molecule has 1 aliphatic rings. The van der Waals surface area contributed by atoms with Crippen molar-refractivity contribution in [2.24, 2.45) is 5.84 Å². The summed E-state index contributed by atoms with van der Waals surface area (Å²) in [6.45, 7) is 1.91. The predicted molar refractivity (Wildman–Crippen MR) is 75.8 cm³/mol. The van der Waals surface area contributed by atoms with Gasteiger partial charge in [-0.2, -0.15) is 0 Å². The maximum atomic E-state index is 14.2. The molecule has 0 aliphatic carbocycles. The lowest BCUT2D eigenvalue weighted by molar-refractivity contribution is 0.296. The fourth-order valence-electron chi connectivity index (χ4n) is 2.79. The zero-order chi connectivity index (χ0) is 15.0. The SMILES string of the molecule is Cc1ccc(C(NN)C2COc3ccccc32)c(F)c1F. The number of rotatable bonds is 3. The second-order valence-electron chi connectivity index (χ2n) is 5.20. The zero-order valence-electron chi connectivity index (χ0n) is 11.6. The van der Waals surface area contributed by atoms with Gasteiger partial charge in [-0.05, 0) is 18.6 Å². The van der Waals surface area contributed by atoms with Crippen molar-refractivity contribution in [2.45, 2.75) is 18.9 Å². The Morgan fingerprint density at radius 3 is 2.71 bits per heavy atom. The first-order chi connectivity index (χ1) is 10.1. The first-order valence-corrected chi connectivity index (χ1v) is 6.76. The van der Waals surface area contributed by atoms with Gasteiger partial charge in [0, 0.05) is 17.0 Å². The summed E-state index contributed by atoms with van der Waals surface area (Å²) < 4.78 is 33.6. The van der Waals surface area contributed by atoms with Crippen LogP contribution in [-0.2, 0) is 0 Å². The average Bonchev–Trinajstić information content (AvgIpc) is 2.92. The summed E-state index contributed by atoms with van der Waals surface area (Å²) >= 11 is 0. The number of nitrogens with one attached hydrogen (secondary N) is 1. The van der Waals surface area contributed by atoms with E-state index in [4.69, 9.17) is 10.6 Å². The molecule has 0 saturated heterocycles. The van der Waals surface area contributed by atoms with Gasteiger partial charge in [-0.1, -0.05) is 30.3 Å². The lowest BCUT2D eigenvalue weighted by Crippen LogP contribution is -2.34. The lowest BCUT2D eigenvalue weighted by atomic mass is 9.88. The van der Waals surface area contributed by atoms with Crippen molar-refractivity contribution in [3.05, 3.63) is 64.7 Å². The number of para-hydroxylation sites is 1. The van der Waals surface area contributed by atoms with Crippen molar-refractivity contribution < 1.29 is 13.5 Å². The highest BCUT2D eigenvalue weighted by Gasteiger charge is 2.33. The van der Waals surface area contributed by atoms with Gasteiger partial charge in [-0.25, -0.2) is 8.78 Å². The quantitative estimate of drug-likeness (QED) is 0.675. The molecule has 0 saturated carbocycles. The van der Waals surface area contributed by atoms with Crippen LogP contribution in [0.4, 0.5) is 8.78 Å². The van der Waals surface area contributed by atoms with Crippen molar-refractivity contribution in [3.8, 4) is 5.75 Å². The van der Waals surface area contributed by atoms with Crippen LogP contribution in [0.1, 0.15) is 28.7 Å². The Hall–Kier alpha value is -1.98. The van der Waals surface area contributed by atoms with E-state index in [-0.39, 0.29) is 17.0 Å². The molecule has 0 aromatic heterocycles. The summed E-state index contributed by atoms with van der Waals surface area (Å²) in [5.41, 5.74) is 4.03. The fourth-order valence-corrected chi connectivity index (χ4v) is 2.79. The van der Waals surface area contributed by atoms with Gasteiger partial charge in [0.25, 0.3) is 0 Å². The Kier molecular flexibility index (Phi) is 3.61. The Morgan fingerprint density at radius 1 is 1.19 bits per heavy atom. The van der Waals surface area contributed by atoms with Crippen LogP contribution in [0.25, 0.3) is 0 Å². The summed E-state index contributed by atoms with van der Waals surface area (Å²) in [6, 6.07) is 10.1. The molecule has 1 aliphatic heterocycles. The maximum Gasteiger partial charge on any atom is 0.163 e. The van der Waals surface area contributed by atoms with Crippen LogP contribution in [-0.4, -0.2) is 6.61 Å². The molecule has 3 nitrogen and oxygen atoms in total. The van der Waals surface area contributed by atoms with Crippen LogP contribution in [0.2, 0.25) is 0 Å². The molecule has 21 heavy (non-hydrogen) atoms. The Balaban J connectivity index is 2.03. The van der Waals surface area contributed by atoms with E-state index in [9.17, 15) is 8.78 Å². The van der Waals surface area contributed by atoms with E-state index in [1.54, 1.807) is 12.1 Å². The van der Waals surface area contributed by atoms with Gasteiger partial charge >= 0.3 is 0 Å². The number of hydrogen-bond acceptors (Lipinski definition) is 3. The molecule has 2 atom stereocenters. The van der Waals surface area contributed by atoms with E-state index in [1.165, 1.54) is 6.92 Å². The average molecular weight is 290 g/mol. The third kappa shape index (κ3) is 2.28. The van der Waals surface area contributed by atoms with Crippen molar-refractivity contribution >= 4 is 0 Å². The van der Waals surface area contributed by atoms with Gasteiger partial charge in [0.1, 0.15) is 5.75 Å². The number of hydrogen-bond donors (Lipinski definition) is 2. The van der Waals surface area contributed by atoms with Crippen LogP contribution in [0, 0.1) is 18.6 Å². The van der Waals surface area contributed by atoms with Gasteiger partial charge in [0.05, 0.1) is 12.6 Å². The van der Waals surface area contributed by atoms with Crippen molar-refractivity contribution in [1.29, 1.82) is 0 Å². The predicted octanol–water partition coefficient (Wildman–Crippen LogP) is 2.95. The largest absolute Gasteiger partial charge is 0.493 e. The Morgan fingerprint density at radius 2 is 1.95 bits per heavy atom. The molecule has 3 rings (SSSR count). The molecule has 110 valence electrons. The summed E-state index contributed by atoms with van der Waals surface area (Å²) in [5.74, 6) is 4.51. The second-order valence-corrected chi connectivity index (χ2v) is 5.20. The van der Waals surface area contributed by atoms with E-state index in [0.717, 1.165) is 11.3 Å². The third-order valence-corrected chi connectivity index (χ3v) is 3.96. The normalized spacial score (nSPS) is 18.2. The molecule has 1 heterocycles. The molecule has 0 fully saturated rings. The number of nitrogens with two attached hydrogens (primary N) is 1. The van der Waals surface area contributed by atoms with Crippen molar-refractivity contribution in [3.63, 3.8) is 0 Å². The van der Waals surface area contributed by atoms with Crippen molar-refractivity contribution in [2.75, 3.05) is 6.61 Å². The summed E-state index contributed by atoms with van der Waals surface area (Å²) in [5, 5.41) is 0. The number of hydrazine groups is 1. The molecular formula is C16H16F2N2O. The second kappa shape index (κ2) is 5.42. The van der Waals surface area contributed by atoms with Crippen molar-refractivity contribution in [1.82, 2.24) is 5.43 Å². The minimum Gasteiger partial charge on any atom is -0.493 e. The summed E-state index contributed by atoms with van der Waals surface area (Å²) in [6.07, 6.45) is 0. The molecule has 2 aromatic carbocycles. The number of ether oxygens (including phenoxy) is 1. The third-order valence-electron chi connectivity index (χ3n) is 3.96. The molecule has 2 aromatic rings. The minimum absolute atomic E-state index is 0.164. The summed E-state index contributed by atoms with van der Waals surface area (Å²) in [7, 11) is 0. The van der Waals surface area contributed by atoms with Crippen LogP contribution in [0.5, 0.6) is 5.75 Å². The first kappa shape index (κ1) is 14.0. The van der Waals surface area contributed by atoms with E-state index < -0.39 is 17.7 Å². The van der Waals surface area contributed by atoms with E-state index >= 15 is 0 Å². The topological polar surface area (TPSA) is 47.3 Å². The highest BCUT2D eigenvalue weighted by atomic mass is 19.2. The van der Waals surface area contributed by atoms with Gasteiger partial charge in [0.2, 0.25) is 0 Å². The van der Waals surface area contributed by atoms with Gasteiger partial charge < -0.3 is 4.74 Å². The first-order valence-electron chi connectivity index (χ1n) is 6.76. The Labute approximate surface area is 121 Å². The lowest BCUT2D eigenvalue weighted by Gasteiger charge is -2.23. The Bertz CT molecular complexity index is 675. The van der Waals surface area contributed by atoms with E-state index in [0.29, 0.717) is 6.61 Å². The minimum atomic E-state index is -0.859. The smallest absolute Gasteiger partial charge is 0.163 e. The van der Waals surface area contributed by atoms with Crippen LogP contribution in [0.3, 0.4) is 0 Å². The molecular weight excluding hydrogens is 274 g/mol. The molecule has 5 heteroatoms. The standard InChI is InChI=1S/C16H16F2N2O/c1-9-6-7-11(15(18)14(9)17)16(20-19)12-8-21-13-5-3-2-4-10(12)13/h2-7,12,16,20H,8,19H2,1H3. The van der Waals surface area contributed by atoms with Gasteiger partial charge in [0.15, 0.2) is 11.6 Å². The van der Waals surface area contributed by atoms with Gasteiger partial charge in [-0.3, -0.25) is 11.3 Å². The number of aryl methyl sites for hydroxylation is 1. The monoisotopic (exact) mass is 290 g/mol. The van der Waals surface area contributed by atoms with E-state index in [2.05, 4.69) is 5.43 Å². The van der Waals surface area contributed by atoms with Crippen LogP contribution < -0.4 is 16.0 Å². The van der Waals surface area contributed by atoms with E-state index in [1.807, 2.05) is 24.3 Å². The molecule has 0 radical (unpaired) electrons. The van der Waals surface area contributed by atoms with Crippen LogP contribution >= 0.6 is 0 Å². The molecule has 0 spiro atoms. The fraction of sp³-hybridized carbons (Fsp3) is 0.250. The number of fused-ring (bicyclic) bond motifs is 1.